The number of anilines is 1. The molecule has 1 amide bonds. The monoisotopic (exact) mass is 385 g/mol. The summed E-state index contributed by atoms with van der Waals surface area (Å²) in [6, 6.07) is 11.3. The van der Waals surface area contributed by atoms with Crippen molar-refractivity contribution in [2.45, 2.75) is 24.0 Å². The number of rotatable bonds is 6. The fourth-order valence-corrected chi connectivity index (χ4v) is 3.62. The van der Waals surface area contributed by atoms with Gasteiger partial charge in [0.25, 0.3) is 0 Å². The van der Waals surface area contributed by atoms with Crippen molar-refractivity contribution in [2.75, 3.05) is 11.1 Å². The summed E-state index contributed by atoms with van der Waals surface area (Å²) in [5.41, 5.74) is 1.62. The smallest absolute Gasteiger partial charge is 0.234 e. The van der Waals surface area contributed by atoms with Gasteiger partial charge in [0.1, 0.15) is 0 Å². The van der Waals surface area contributed by atoms with Crippen LogP contribution in [0.1, 0.15) is 18.9 Å². The van der Waals surface area contributed by atoms with Gasteiger partial charge in [0.2, 0.25) is 5.91 Å². The number of carbonyl (C=O) groups excluding carboxylic acids is 1. The number of hydrogen-bond donors (Lipinski definition) is 1. The Bertz CT molecular complexity index is 926. The quantitative estimate of drug-likeness (QED) is 0.648. The number of aromatic nitrogens is 4. The number of thioether (sulfide) groups is 1. The average molecular weight is 386 g/mol. The number of amides is 1. The maximum atomic E-state index is 12.2. The van der Waals surface area contributed by atoms with Crippen LogP contribution in [0.25, 0.3) is 11.4 Å². The Labute approximate surface area is 160 Å². The Morgan fingerprint density at radius 1 is 1.27 bits per heavy atom. The summed E-state index contributed by atoms with van der Waals surface area (Å²) >= 11 is 7.33. The fraction of sp³-hybridized carbons (Fsp3) is 0.222. The van der Waals surface area contributed by atoms with Crippen molar-refractivity contribution < 1.29 is 4.79 Å². The minimum absolute atomic E-state index is 0.106. The lowest BCUT2D eigenvalue weighted by Crippen LogP contribution is -2.14. The zero-order valence-corrected chi connectivity index (χ0v) is 15.4. The van der Waals surface area contributed by atoms with E-state index in [4.69, 9.17) is 11.6 Å². The molecule has 0 radical (unpaired) electrons. The van der Waals surface area contributed by atoms with Crippen LogP contribution < -0.4 is 5.32 Å². The molecule has 3 aromatic rings. The van der Waals surface area contributed by atoms with Crippen molar-refractivity contribution in [3.8, 4) is 11.4 Å². The summed E-state index contributed by atoms with van der Waals surface area (Å²) in [6.07, 6.45) is 5.72. The molecule has 0 atom stereocenters. The molecule has 1 aliphatic carbocycles. The van der Waals surface area contributed by atoms with Crippen LogP contribution in [0.2, 0.25) is 5.02 Å². The van der Waals surface area contributed by atoms with E-state index in [0.29, 0.717) is 16.8 Å². The summed E-state index contributed by atoms with van der Waals surface area (Å²) in [5.74, 6) is 0.952. The molecule has 0 aliphatic heterocycles. The Kier molecular flexibility index (Phi) is 4.90. The molecule has 2 aromatic heterocycles. The van der Waals surface area contributed by atoms with E-state index in [-0.39, 0.29) is 11.7 Å². The van der Waals surface area contributed by atoms with Crippen molar-refractivity contribution in [2.24, 2.45) is 0 Å². The van der Waals surface area contributed by atoms with E-state index in [0.717, 1.165) is 29.4 Å². The fourth-order valence-electron chi connectivity index (χ4n) is 2.62. The molecule has 1 N–H and O–H groups in total. The third kappa shape index (κ3) is 3.89. The van der Waals surface area contributed by atoms with Crippen LogP contribution in [0, 0.1) is 0 Å². The normalized spacial score (nSPS) is 13.6. The van der Waals surface area contributed by atoms with Gasteiger partial charge in [0.15, 0.2) is 11.0 Å². The van der Waals surface area contributed by atoms with E-state index in [1.165, 1.54) is 11.8 Å². The van der Waals surface area contributed by atoms with Crippen LogP contribution in [0.4, 0.5) is 5.69 Å². The number of nitrogens with one attached hydrogen (secondary N) is 1. The van der Waals surface area contributed by atoms with Crippen LogP contribution in [-0.4, -0.2) is 31.4 Å². The Balaban J connectivity index is 1.47. The topological polar surface area (TPSA) is 72.7 Å². The molecule has 0 saturated heterocycles. The van der Waals surface area contributed by atoms with Crippen LogP contribution in [0.5, 0.6) is 0 Å². The highest BCUT2D eigenvalue weighted by atomic mass is 35.5. The molecule has 1 aliphatic rings. The Morgan fingerprint density at radius 3 is 2.88 bits per heavy atom. The number of pyridine rings is 1. The summed E-state index contributed by atoms with van der Waals surface area (Å²) in [4.78, 5) is 16.4. The first-order valence-electron chi connectivity index (χ1n) is 8.24. The van der Waals surface area contributed by atoms with Crippen molar-refractivity contribution in [3.05, 3.63) is 53.8 Å². The molecule has 2 heterocycles. The predicted octanol–water partition coefficient (Wildman–Crippen LogP) is 4.06. The summed E-state index contributed by atoms with van der Waals surface area (Å²) in [7, 11) is 0. The highest BCUT2D eigenvalue weighted by Gasteiger charge is 2.30. The number of hydrogen-bond acceptors (Lipinski definition) is 5. The van der Waals surface area contributed by atoms with Gasteiger partial charge in [-0.2, -0.15) is 0 Å². The minimum Gasteiger partial charge on any atom is -0.325 e. The Hall–Kier alpha value is -2.38. The lowest BCUT2D eigenvalue weighted by atomic mass is 10.3. The van der Waals surface area contributed by atoms with Gasteiger partial charge >= 0.3 is 0 Å². The summed E-state index contributed by atoms with van der Waals surface area (Å²) in [6.45, 7) is 0. The second-order valence-corrected chi connectivity index (χ2v) is 7.38. The van der Waals surface area contributed by atoms with Crippen LogP contribution in [0.15, 0.2) is 53.9 Å². The molecule has 1 aromatic carbocycles. The maximum Gasteiger partial charge on any atom is 0.234 e. The highest BCUT2D eigenvalue weighted by Crippen LogP contribution is 2.40. The predicted molar refractivity (Wildman–Crippen MR) is 102 cm³/mol. The number of carbonyl (C=O) groups is 1. The second kappa shape index (κ2) is 7.47. The van der Waals surface area contributed by atoms with E-state index in [1.807, 2.05) is 18.2 Å². The molecule has 6 nitrogen and oxygen atoms in total. The molecule has 1 saturated carbocycles. The molecule has 0 spiro atoms. The minimum atomic E-state index is -0.106. The highest BCUT2D eigenvalue weighted by molar-refractivity contribution is 7.99. The van der Waals surface area contributed by atoms with Gasteiger partial charge in [0.05, 0.1) is 5.75 Å². The lowest BCUT2D eigenvalue weighted by Gasteiger charge is -2.09. The first kappa shape index (κ1) is 17.1. The van der Waals surface area contributed by atoms with Gasteiger partial charge in [-0.3, -0.25) is 14.3 Å². The molecule has 26 heavy (non-hydrogen) atoms. The third-order valence-electron chi connectivity index (χ3n) is 3.94. The van der Waals surface area contributed by atoms with Gasteiger partial charge in [-0.15, -0.1) is 10.2 Å². The van der Waals surface area contributed by atoms with E-state index in [9.17, 15) is 4.79 Å². The first-order chi connectivity index (χ1) is 12.7. The van der Waals surface area contributed by atoms with E-state index < -0.39 is 0 Å². The molecule has 4 rings (SSSR count). The Morgan fingerprint density at radius 2 is 2.15 bits per heavy atom. The van der Waals surface area contributed by atoms with E-state index in [1.54, 1.807) is 30.6 Å². The van der Waals surface area contributed by atoms with E-state index >= 15 is 0 Å². The standard InChI is InChI=1S/C18H16ClN5OS/c19-13-4-1-5-14(9-13)21-16(25)11-26-18-23-22-17(24(18)15-6-7-15)12-3-2-8-20-10-12/h1-5,8-10,15H,6-7,11H2,(H,21,25). The lowest BCUT2D eigenvalue weighted by molar-refractivity contribution is -0.113. The molecule has 0 unspecified atom stereocenters. The number of benzene rings is 1. The van der Waals surface area contributed by atoms with Crippen molar-refractivity contribution in [1.29, 1.82) is 0 Å². The summed E-state index contributed by atoms with van der Waals surface area (Å²) in [5, 5.41) is 12.8. The molecule has 132 valence electrons. The molecular weight excluding hydrogens is 370 g/mol. The molecule has 0 bridgehead atoms. The van der Waals surface area contributed by atoms with Gasteiger partial charge in [0, 0.05) is 34.7 Å². The zero-order chi connectivity index (χ0) is 17.9. The number of nitrogens with zero attached hydrogens (tertiary/aromatic N) is 4. The zero-order valence-electron chi connectivity index (χ0n) is 13.8. The maximum absolute atomic E-state index is 12.2. The van der Waals surface area contributed by atoms with Crippen molar-refractivity contribution in [1.82, 2.24) is 19.7 Å². The van der Waals surface area contributed by atoms with Crippen molar-refractivity contribution >= 4 is 35.0 Å². The van der Waals surface area contributed by atoms with Gasteiger partial charge in [-0.1, -0.05) is 29.4 Å². The van der Waals surface area contributed by atoms with Crippen molar-refractivity contribution in [3.63, 3.8) is 0 Å². The largest absolute Gasteiger partial charge is 0.325 e. The number of halogens is 1. The van der Waals surface area contributed by atoms with Gasteiger partial charge in [-0.05, 0) is 43.2 Å². The SMILES string of the molecule is O=C(CSc1nnc(-c2cccnc2)n1C1CC1)Nc1cccc(Cl)c1. The molecule has 8 heteroatoms. The van der Waals surface area contributed by atoms with E-state index in [2.05, 4.69) is 25.1 Å². The third-order valence-corrected chi connectivity index (χ3v) is 5.12. The molecular formula is C18H16ClN5OS. The van der Waals surface area contributed by atoms with Gasteiger partial charge in [-0.25, -0.2) is 0 Å². The first-order valence-corrected chi connectivity index (χ1v) is 9.60. The average Bonchev–Trinajstić information content (AvgIpc) is 3.40. The second-order valence-electron chi connectivity index (χ2n) is 6.00. The van der Waals surface area contributed by atoms with Crippen LogP contribution >= 0.6 is 23.4 Å². The summed E-state index contributed by atoms with van der Waals surface area (Å²) < 4.78 is 2.12. The molecule has 1 fully saturated rings. The van der Waals surface area contributed by atoms with Gasteiger partial charge < -0.3 is 5.32 Å². The van der Waals surface area contributed by atoms with Crippen LogP contribution in [0.3, 0.4) is 0 Å². The van der Waals surface area contributed by atoms with Crippen LogP contribution in [-0.2, 0) is 4.79 Å².